The van der Waals surface area contributed by atoms with Gasteiger partial charge in [0.1, 0.15) is 0 Å². The first-order chi connectivity index (χ1) is 7.19. The maximum atomic E-state index is 13.5. The number of benzene rings is 1. The van der Waals surface area contributed by atoms with Crippen molar-refractivity contribution in [3.8, 4) is 5.75 Å². The molecule has 0 spiro atoms. The van der Waals surface area contributed by atoms with Gasteiger partial charge in [-0.05, 0) is 24.5 Å². The molecule has 0 amide bonds. The second-order valence-corrected chi connectivity index (χ2v) is 3.88. The Bertz CT molecular complexity index is 305. The van der Waals surface area contributed by atoms with E-state index in [0.717, 1.165) is 12.8 Å². The molecule has 0 bridgehead atoms. The highest BCUT2D eigenvalue weighted by atomic mass is 19.1. The first-order valence-corrected chi connectivity index (χ1v) is 5.56. The van der Waals surface area contributed by atoms with E-state index in [0.29, 0.717) is 23.8 Å². The van der Waals surface area contributed by atoms with Gasteiger partial charge in [0.2, 0.25) is 0 Å². The fourth-order valence-electron chi connectivity index (χ4n) is 1.46. The van der Waals surface area contributed by atoms with Gasteiger partial charge in [-0.1, -0.05) is 38.8 Å². The van der Waals surface area contributed by atoms with Crippen LogP contribution in [0.4, 0.5) is 4.39 Å². The van der Waals surface area contributed by atoms with Crippen molar-refractivity contribution in [3.63, 3.8) is 0 Å². The Morgan fingerprint density at radius 3 is 2.53 bits per heavy atom. The molecule has 0 aliphatic rings. The highest BCUT2D eigenvalue weighted by molar-refractivity contribution is 5.30. The summed E-state index contributed by atoms with van der Waals surface area (Å²) in [6, 6.07) is 5.25. The summed E-state index contributed by atoms with van der Waals surface area (Å²) in [5.74, 6) is 0.662. The summed E-state index contributed by atoms with van der Waals surface area (Å²) < 4.78 is 19.0. The molecule has 2 heteroatoms. The van der Waals surface area contributed by atoms with E-state index in [1.54, 1.807) is 19.1 Å². The minimum atomic E-state index is -0.233. The van der Waals surface area contributed by atoms with Gasteiger partial charge in [0.25, 0.3) is 0 Å². The second-order valence-electron chi connectivity index (χ2n) is 3.88. The molecule has 1 rings (SSSR count). The van der Waals surface area contributed by atoms with Crippen LogP contribution in [0.2, 0.25) is 0 Å². The lowest BCUT2D eigenvalue weighted by Gasteiger charge is -2.14. The Morgan fingerprint density at radius 1 is 1.27 bits per heavy atom. The van der Waals surface area contributed by atoms with Gasteiger partial charge in [-0.25, -0.2) is 4.39 Å². The van der Waals surface area contributed by atoms with Crippen LogP contribution in [0.3, 0.4) is 0 Å². The van der Waals surface area contributed by atoms with Crippen molar-refractivity contribution in [1.29, 1.82) is 0 Å². The Hall–Kier alpha value is -1.05. The lowest BCUT2D eigenvalue weighted by molar-refractivity contribution is 0.231. The van der Waals surface area contributed by atoms with Crippen LogP contribution < -0.4 is 4.74 Å². The molecule has 0 aromatic heterocycles. The summed E-state index contributed by atoms with van der Waals surface area (Å²) in [7, 11) is 0. The van der Waals surface area contributed by atoms with Crippen LogP contribution in [-0.4, -0.2) is 6.61 Å². The monoisotopic (exact) mass is 210 g/mol. The van der Waals surface area contributed by atoms with Crippen molar-refractivity contribution in [2.75, 3.05) is 6.61 Å². The molecular weight excluding hydrogens is 191 g/mol. The van der Waals surface area contributed by atoms with E-state index in [9.17, 15) is 4.39 Å². The molecule has 0 fully saturated rings. The van der Waals surface area contributed by atoms with Gasteiger partial charge in [-0.2, -0.15) is 0 Å². The highest BCUT2D eigenvalue weighted by Crippen LogP contribution is 2.21. The van der Waals surface area contributed by atoms with Crippen LogP contribution >= 0.6 is 0 Å². The largest absolute Gasteiger partial charge is 0.490 e. The molecular formula is C13H19FO. The van der Waals surface area contributed by atoms with Crippen LogP contribution in [0, 0.1) is 18.7 Å². The van der Waals surface area contributed by atoms with Gasteiger partial charge in [0.05, 0.1) is 6.61 Å². The van der Waals surface area contributed by atoms with Gasteiger partial charge < -0.3 is 4.74 Å². The van der Waals surface area contributed by atoms with Crippen molar-refractivity contribution in [2.45, 2.75) is 33.6 Å². The summed E-state index contributed by atoms with van der Waals surface area (Å²) in [6.07, 6.45) is 2.15. The first kappa shape index (κ1) is 12.0. The van der Waals surface area contributed by atoms with Crippen molar-refractivity contribution < 1.29 is 9.13 Å². The number of rotatable bonds is 5. The van der Waals surface area contributed by atoms with Gasteiger partial charge >= 0.3 is 0 Å². The standard InChI is InChI=1S/C13H19FO/c1-4-11(5-2)9-15-12-8-6-7-10(3)13(12)14/h6-8,11H,4-5,9H2,1-3H3. The van der Waals surface area contributed by atoms with E-state index in [1.165, 1.54) is 0 Å². The molecule has 15 heavy (non-hydrogen) atoms. The third-order valence-corrected chi connectivity index (χ3v) is 2.79. The maximum Gasteiger partial charge on any atom is 0.167 e. The Labute approximate surface area is 91.3 Å². The third-order valence-electron chi connectivity index (χ3n) is 2.79. The highest BCUT2D eigenvalue weighted by Gasteiger charge is 2.08. The predicted molar refractivity (Wildman–Crippen MR) is 60.7 cm³/mol. The summed E-state index contributed by atoms with van der Waals surface area (Å²) in [5, 5.41) is 0. The second kappa shape index (κ2) is 5.74. The first-order valence-electron chi connectivity index (χ1n) is 5.56. The molecule has 84 valence electrons. The number of aryl methyl sites for hydroxylation is 1. The van der Waals surface area contributed by atoms with Gasteiger partial charge in [-0.15, -0.1) is 0 Å². The third kappa shape index (κ3) is 3.22. The zero-order valence-electron chi connectivity index (χ0n) is 9.72. The maximum absolute atomic E-state index is 13.5. The Morgan fingerprint density at radius 2 is 1.93 bits per heavy atom. The lowest BCUT2D eigenvalue weighted by Crippen LogP contribution is -2.11. The van der Waals surface area contributed by atoms with Crippen molar-refractivity contribution >= 4 is 0 Å². The van der Waals surface area contributed by atoms with E-state index in [-0.39, 0.29) is 5.82 Å². The minimum Gasteiger partial charge on any atom is -0.490 e. The van der Waals surface area contributed by atoms with Crippen LogP contribution in [0.25, 0.3) is 0 Å². The minimum absolute atomic E-state index is 0.233. The lowest BCUT2D eigenvalue weighted by atomic mass is 10.1. The van der Waals surface area contributed by atoms with Crippen LogP contribution in [-0.2, 0) is 0 Å². The Balaban J connectivity index is 2.61. The molecule has 0 saturated heterocycles. The zero-order valence-corrected chi connectivity index (χ0v) is 9.72. The Kier molecular flexibility index (Phi) is 4.60. The molecule has 1 aromatic carbocycles. The number of hydrogen-bond donors (Lipinski definition) is 0. The molecule has 0 heterocycles. The van der Waals surface area contributed by atoms with Gasteiger partial charge in [0, 0.05) is 0 Å². The molecule has 0 radical (unpaired) electrons. The fraction of sp³-hybridized carbons (Fsp3) is 0.538. The quantitative estimate of drug-likeness (QED) is 0.715. The van der Waals surface area contributed by atoms with E-state index in [1.807, 2.05) is 6.07 Å². The SMILES string of the molecule is CCC(CC)COc1cccc(C)c1F. The predicted octanol–water partition coefficient (Wildman–Crippen LogP) is 3.95. The fourth-order valence-corrected chi connectivity index (χ4v) is 1.46. The van der Waals surface area contributed by atoms with E-state index >= 15 is 0 Å². The van der Waals surface area contributed by atoms with E-state index in [2.05, 4.69) is 13.8 Å². The van der Waals surface area contributed by atoms with Crippen molar-refractivity contribution in [2.24, 2.45) is 5.92 Å². The molecule has 0 atom stereocenters. The smallest absolute Gasteiger partial charge is 0.167 e. The average Bonchev–Trinajstić information content (AvgIpc) is 2.25. The molecule has 0 aliphatic carbocycles. The van der Waals surface area contributed by atoms with E-state index < -0.39 is 0 Å². The molecule has 0 N–H and O–H groups in total. The zero-order chi connectivity index (χ0) is 11.3. The van der Waals surface area contributed by atoms with E-state index in [4.69, 9.17) is 4.74 Å². The average molecular weight is 210 g/mol. The van der Waals surface area contributed by atoms with Crippen molar-refractivity contribution in [3.05, 3.63) is 29.6 Å². The van der Waals surface area contributed by atoms with Crippen LogP contribution in [0.15, 0.2) is 18.2 Å². The van der Waals surface area contributed by atoms with Crippen LogP contribution in [0.5, 0.6) is 5.75 Å². The van der Waals surface area contributed by atoms with Crippen molar-refractivity contribution in [1.82, 2.24) is 0 Å². The summed E-state index contributed by atoms with van der Waals surface area (Å²) in [5.41, 5.74) is 0.636. The van der Waals surface area contributed by atoms with Gasteiger partial charge in [-0.3, -0.25) is 0 Å². The topological polar surface area (TPSA) is 9.23 Å². The van der Waals surface area contributed by atoms with Gasteiger partial charge in [0.15, 0.2) is 11.6 Å². The molecule has 1 aromatic rings. The number of hydrogen-bond acceptors (Lipinski definition) is 1. The molecule has 1 nitrogen and oxygen atoms in total. The molecule has 0 aliphatic heterocycles. The molecule has 0 unspecified atom stereocenters. The summed E-state index contributed by atoms with van der Waals surface area (Å²) in [4.78, 5) is 0. The van der Waals surface area contributed by atoms with Crippen LogP contribution in [0.1, 0.15) is 32.3 Å². The normalized spacial score (nSPS) is 10.7. The summed E-state index contributed by atoms with van der Waals surface area (Å²) in [6.45, 7) is 6.61. The number of halogens is 1. The summed E-state index contributed by atoms with van der Waals surface area (Å²) >= 11 is 0. The number of ether oxygens (including phenoxy) is 1. The molecule has 0 saturated carbocycles.